The van der Waals surface area contributed by atoms with Gasteiger partial charge in [0, 0.05) is 11.4 Å². The average molecular weight is 356 g/mol. The van der Waals surface area contributed by atoms with Gasteiger partial charge in [0.1, 0.15) is 22.7 Å². The summed E-state index contributed by atoms with van der Waals surface area (Å²) in [7, 11) is 4.14. The van der Waals surface area contributed by atoms with Gasteiger partial charge < -0.3 is 9.73 Å². The van der Waals surface area contributed by atoms with Crippen LogP contribution in [0.4, 0.5) is 5.82 Å². The number of likely N-dealkylation sites (N-methyl/N-ethyl adjacent to an activating group) is 1. The van der Waals surface area contributed by atoms with Gasteiger partial charge in [0.15, 0.2) is 0 Å². The third-order valence-electron chi connectivity index (χ3n) is 4.96. The van der Waals surface area contributed by atoms with E-state index in [2.05, 4.69) is 34.3 Å². The summed E-state index contributed by atoms with van der Waals surface area (Å²) < 4.78 is 5.61. The quantitative estimate of drug-likeness (QED) is 0.692. The molecule has 3 heterocycles. The van der Waals surface area contributed by atoms with Gasteiger partial charge >= 0.3 is 0 Å². The normalized spacial score (nSPS) is 16.0. The number of rotatable bonds is 5. The van der Waals surface area contributed by atoms with Crippen molar-refractivity contribution in [2.45, 2.75) is 38.1 Å². The van der Waals surface area contributed by atoms with Crippen molar-refractivity contribution in [1.29, 1.82) is 0 Å². The van der Waals surface area contributed by atoms with E-state index in [4.69, 9.17) is 4.42 Å². The van der Waals surface area contributed by atoms with Crippen LogP contribution in [0.25, 0.3) is 10.2 Å². The zero-order valence-electron chi connectivity index (χ0n) is 14.8. The lowest BCUT2D eigenvalue weighted by molar-refractivity contribution is 0.269. The molecule has 0 radical (unpaired) electrons. The molecule has 0 bridgehead atoms. The highest BCUT2D eigenvalue weighted by Crippen LogP contribution is 2.37. The third kappa shape index (κ3) is 3.28. The van der Waals surface area contributed by atoms with Crippen LogP contribution in [-0.4, -0.2) is 35.5 Å². The summed E-state index contributed by atoms with van der Waals surface area (Å²) in [6.45, 7) is 0.747. The Labute approximate surface area is 152 Å². The molecule has 6 heteroatoms. The van der Waals surface area contributed by atoms with Gasteiger partial charge in [-0.15, -0.1) is 11.3 Å². The van der Waals surface area contributed by atoms with E-state index in [9.17, 15) is 0 Å². The molecule has 5 nitrogen and oxygen atoms in total. The second-order valence-corrected chi connectivity index (χ2v) is 7.93. The van der Waals surface area contributed by atoms with E-state index >= 15 is 0 Å². The largest absolute Gasteiger partial charge is 0.468 e. The number of nitrogens with one attached hydrogen (secondary N) is 1. The second-order valence-electron chi connectivity index (χ2n) is 6.84. The summed E-state index contributed by atoms with van der Waals surface area (Å²) in [6, 6.07) is 4.13. The Kier molecular flexibility index (Phi) is 4.72. The predicted molar refractivity (Wildman–Crippen MR) is 102 cm³/mol. The number of hydrogen-bond donors (Lipinski definition) is 1. The van der Waals surface area contributed by atoms with Crippen molar-refractivity contribution in [3.05, 3.63) is 40.9 Å². The van der Waals surface area contributed by atoms with Gasteiger partial charge in [-0.2, -0.15) is 0 Å². The lowest BCUT2D eigenvalue weighted by atomic mass is 10.1. The van der Waals surface area contributed by atoms with Crippen molar-refractivity contribution in [2.24, 2.45) is 0 Å². The Hall–Kier alpha value is -1.92. The van der Waals surface area contributed by atoms with Crippen molar-refractivity contribution in [3.8, 4) is 0 Å². The molecule has 0 aliphatic heterocycles. The summed E-state index contributed by atoms with van der Waals surface area (Å²) in [4.78, 5) is 13.9. The maximum atomic E-state index is 5.61. The van der Waals surface area contributed by atoms with Gasteiger partial charge in [0.2, 0.25) is 0 Å². The minimum Gasteiger partial charge on any atom is -0.468 e. The molecule has 1 atom stereocenters. The molecular weight excluding hydrogens is 332 g/mol. The molecule has 0 spiro atoms. The Bertz CT molecular complexity index is 841. The first kappa shape index (κ1) is 16.5. The summed E-state index contributed by atoms with van der Waals surface area (Å²) in [5.74, 6) is 1.93. The summed E-state index contributed by atoms with van der Waals surface area (Å²) in [5.41, 5.74) is 1.47. The SMILES string of the molecule is CN(C)[C@@H](CNc1ncnc2sc3c(c12)CCCCC3)c1ccco1. The zero-order valence-corrected chi connectivity index (χ0v) is 15.6. The molecule has 4 rings (SSSR count). The fourth-order valence-electron chi connectivity index (χ4n) is 3.61. The van der Waals surface area contributed by atoms with Crippen LogP contribution in [0.5, 0.6) is 0 Å². The number of fused-ring (bicyclic) bond motifs is 3. The minimum atomic E-state index is 0.164. The van der Waals surface area contributed by atoms with E-state index in [-0.39, 0.29) is 6.04 Å². The topological polar surface area (TPSA) is 54.2 Å². The molecule has 1 aliphatic carbocycles. The van der Waals surface area contributed by atoms with E-state index in [0.717, 1.165) is 29.4 Å². The molecule has 1 aliphatic rings. The van der Waals surface area contributed by atoms with Gasteiger partial charge in [-0.05, 0) is 57.5 Å². The number of hydrogen-bond acceptors (Lipinski definition) is 6. The highest BCUT2D eigenvalue weighted by Gasteiger charge is 2.21. The maximum absolute atomic E-state index is 5.61. The van der Waals surface area contributed by atoms with Crippen molar-refractivity contribution < 1.29 is 4.42 Å². The molecule has 3 aromatic heterocycles. The highest BCUT2D eigenvalue weighted by molar-refractivity contribution is 7.18. The van der Waals surface area contributed by atoms with Crippen molar-refractivity contribution in [1.82, 2.24) is 14.9 Å². The van der Waals surface area contributed by atoms with Gasteiger partial charge in [-0.3, -0.25) is 4.90 Å². The number of anilines is 1. The second kappa shape index (κ2) is 7.14. The number of thiophene rings is 1. The molecule has 1 N–H and O–H groups in total. The summed E-state index contributed by atoms with van der Waals surface area (Å²) in [6.07, 6.45) is 9.61. The fourth-order valence-corrected chi connectivity index (χ4v) is 4.84. The Morgan fingerprint density at radius 1 is 1.24 bits per heavy atom. The Morgan fingerprint density at radius 3 is 2.92 bits per heavy atom. The molecular formula is C19H24N4OS. The molecule has 0 unspecified atom stereocenters. The third-order valence-corrected chi connectivity index (χ3v) is 6.16. The van der Waals surface area contributed by atoms with Crippen LogP contribution in [0.2, 0.25) is 0 Å². The van der Waals surface area contributed by atoms with Crippen LogP contribution in [0.15, 0.2) is 29.1 Å². The Morgan fingerprint density at radius 2 is 2.12 bits per heavy atom. The van der Waals surface area contributed by atoms with Crippen molar-refractivity contribution >= 4 is 27.4 Å². The number of aromatic nitrogens is 2. The van der Waals surface area contributed by atoms with E-state index in [1.165, 1.54) is 41.5 Å². The molecule has 3 aromatic rings. The van der Waals surface area contributed by atoms with Crippen LogP contribution in [0, 0.1) is 0 Å². The van der Waals surface area contributed by atoms with Crippen LogP contribution in [0.1, 0.15) is 41.5 Å². The van der Waals surface area contributed by atoms with E-state index < -0.39 is 0 Å². The minimum absolute atomic E-state index is 0.164. The van der Waals surface area contributed by atoms with Gasteiger partial charge in [0.05, 0.1) is 17.7 Å². The van der Waals surface area contributed by atoms with Crippen LogP contribution in [-0.2, 0) is 12.8 Å². The monoisotopic (exact) mass is 356 g/mol. The van der Waals surface area contributed by atoms with E-state index in [1.54, 1.807) is 12.6 Å². The zero-order chi connectivity index (χ0) is 17.2. The lowest BCUT2D eigenvalue weighted by Gasteiger charge is -2.23. The molecule has 0 aromatic carbocycles. The van der Waals surface area contributed by atoms with E-state index in [1.807, 2.05) is 23.5 Å². The standard InChI is InChI=1S/C19H24N4OS/c1-23(2)14(15-8-6-10-24-15)11-20-18-17-13-7-4-3-5-9-16(13)25-19(17)22-12-21-18/h6,8,10,12,14H,3-5,7,9,11H2,1-2H3,(H,20,21,22)/t14-/m0/s1. The number of nitrogens with zero attached hydrogens (tertiary/aromatic N) is 3. The molecule has 132 valence electrons. The average Bonchev–Trinajstić information content (AvgIpc) is 3.18. The Balaban J connectivity index is 1.64. The molecule has 0 saturated heterocycles. The first-order valence-electron chi connectivity index (χ1n) is 8.93. The van der Waals surface area contributed by atoms with Crippen LogP contribution >= 0.6 is 11.3 Å². The van der Waals surface area contributed by atoms with Crippen LogP contribution < -0.4 is 5.32 Å². The molecule has 0 amide bonds. The molecule has 0 saturated carbocycles. The smallest absolute Gasteiger partial charge is 0.138 e. The highest BCUT2D eigenvalue weighted by atomic mass is 32.1. The molecule has 0 fully saturated rings. The van der Waals surface area contributed by atoms with E-state index in [0.29, 0.717) is 0 Å². The van der Waals surface area contributed by atoms with Gasteiger partial charge in [0.25, 0.3) is 0 Å². The maximum Gasteiger partial charge on any atom is 0.138 e. The van der Waals surface area contributed by atoms with Gasteiger partial charge in [-0.1, -0.05) is 6.42 Å². The summed E-state index contributed by atoms with van der Waals surface area (Å²) >= 11 is 1.85. The molecule has 25 heavy (non-hydrogen) atoms. The number of furan rings is 1. The predicted octanol–water partition coefficient (Wildman–Crippen LogP) is 4.27. The fraction of sp³-hybridized carbons (Fsp3) is 0.474. The lowest BCUT2D eigenvalue weighted by Crippen LogP contribution is -2.26. The van der Waals surface area contributed by atoms with Gasteiger partial charge in [-0.25, -0.2) is 9.97 Å². The summed E-state index contributed by atoms with van der Waals surface area (Å²) in [5, 5.41) is 4.81. The number of aryl methyl sites for hydroxylation is 2. The van der Waals surface area contributed by atoms with Crippen molar-refractivity contribution in [3.63, 3.8) is 0 Å². The van der Waals surface area contributed by atoms with Crippen LogP contribution in [0.3, 0.4) is 0 Å². The first-order valence-corrected chi connectivity index (χ1v) is 9.74. The van der Waals surface area contributed by atoms with Crippen molar-refractivity contribution in [2.75, 3.05) is 26.0 Å². The first-order chi connectivity index (χ1) is 12.2.